The Morgan fingerprint density at radius 2 is 1.82 bits per heavy atom. The number of hydrogen-bond donors (Lipinski definition) is 0. The van der Waals surface area contributed by atoms with Gasteiger partial charge in [0.05, 0.1) is 5.70 Å². The van der Waals surface area contributed by atoms with E-state index in [1.165, 1.54) is 32.7 Å². The molecule has 0 aliphatic heterocycles. The Morgan fingerprint density at radius 3 is 2.71 bits per heavy atom. The van der Waals surface area contributed by atoms with Crippen LogP contribution in [0.1, 0.15) is 53.5 Å². The lowest BCUT2D eigenvalue weighted by atomic mass is 9.85. The number of benzene rings is 3. The average Bonchev–Trinajstić information content (AvgIpc) is 3.25. The number of hydrogen-bond acceptors (Lipinski definition) is 1. The van der Waals surface area contributed by atoms with Crippen LogP contribution in [-0.4, -0.2) is 5.71 Å². The molecule has 2 atom stereocenters. The van der Waals surface area contributed by atoms with Crippen molar-refractivity contribution in [2.75, 3.05) is 0 Å². The summed E-state index contributed by atoms with van der Waals surface area (Å²) in [5, 5.41) is 2.58. The highest BCUT2D eigenvalue weighted by atomic mass is 14.8. The van der Waals surface area contributed by atoms with E-state index in [1.807, 2.05) is 0 Å². The zero-order valence-corrected chi connectivity index (χ0v) is 19.7. The highest BCUT2D eigenvalue weighted by Gasteiger charge is 2.30. The van der Waals surface area contributed by atoms with Crippen LogP contribution < -0.4 is 10.4 Å². The fourth-order valence-electron chi connectivity index (χ4n) is 5.69. The van der Waals surface area contributed by atoms with Gasteiger partial charge in [-0.25, -0.2) is 0 Å². The number of allylic oxidation sites excluding steroid dienone is 4. The van der Waals surface area contributed by atoms with Crippen molar-refractivity contribution >= 4 is 29.1 Å². The maximum Gasteiger partial charge on any atom is 0.0639 e. The van der Waals surface area contributed by atoms with Crippen molar-refractivity contribution in [2.24, 2.45) is 10.9 Å². The molecule has 0 fully saturated rings. The second-order valence-electron chi connectivity index (χ2n) is 9.60. The first-order chi connectivity index (χ1) is 16.7. The predicted molar refractivity (Wildman–Crippen MR) is 145 cm³/mol. The van der Waals surface area contributed by atoms with Crippen LogP contribution in [0.2, 0.25) is 0 Å². The first-order valence-electron chi connectivity index (χ1n) is 12.3. The van der Waals surface area contributed by atoms with Crippen LogP contribution in [0.25, 0.3) is 23.4 Å². The summed E-state index contributed by atoms with van der Waals surface area (Å²) in [6.45, 7) is 6.48. The quantitative estimate of drug-likeness (QED) is 0.415. The molecule has 0 heterocycles. The minimum atomic E-state index is 0.441. The lowest BCUT2D eigenvalue weighted by Gasteiger charge is -2.19. The molecule has 3 aromatic carbocycles. The minimum absolute atomic E-state index is 0.441. The van der Waals surface area contributed by atoms with E-state index >= 15 is 0 Å². The minimum Gasteiger partial charge on any atom is -0.253 e. The van der Waals surface area contributed by atoms with Crippen LogP contribution >= 0.6 is 0 Å². The van der Waals surface area contributed by atoms with E-state index < -0.39 is 0 Å². The van der Waals surface area contributed by atoms with Crippen LogP contribution in [0.3, 0.4) is 0 Å². The average molecular weight is 440 g/mol. The highest BCUT2D eigenvalue weighted by Crippen LogP contribution is 2.40. The third-order valence-corrected chi connectivity index (χ3v) is 7.43. The standard InChI is InChI=1S/C33H29N/c1-22(25-13-8-14-26(18-25)24-10-4-3-5-11-24)34-23(2)30-17-9-15-28-20-29-19-27-12-6-7-16-31(27)33(29)21-32(28)30/h4,6-18,20-21,29,33H,2-3,5,19H2,1H3/b34-22+. The number of aliphatic imine (C=N–C) groups is 1. The van der Waals surface area contributed by atoms with Crippen molar-refractivity contribution < 1.29 is 0 Å². The number of fused-ring (bicyclic) bond motifs is 4. The van der Waals surface area contributed by atoms with E-state index in [-0.39, 0.29) is 0 Å². The summed E-state index contributed by atoms with van der Waals surface area (Å²) < 4.78 is 0. The molecular formula is C33H29N. The Kier molecular flexibility index (Phi) is 5.26. The fourth-order valence-corrected chi connectivity index (χ4v) is 5.69. The third kappa shape index (κ3) is 3.72. The lowest BCUT2D eigenvalue weighted by Crippen LogP contribution is -2.33. The summed E-state index contributed by atoms with van der Waals surface area (Å²) >= 11 is 0. The van der Waals surface area contributed by atoms with Crippen LogP contribution in [0, 0.1) is 5.92 Å². The summed E-state index contributed by atoms with van der Waals surface area (Å²) in [5.74, 6) is 0.987. The molecule has 0 saturated heterocycles. The van der Waals surface area contributed by atoms with Gasteiger partial charge < -0.3 is 0 Å². The maximum absolute atomic E-state index is 4.99. The van der Waals surface area contributed by atoms with Gasteiger partial charge in [-0.05, 0) is 76.4 Å². The molecule has 3 aromatic rings. The number of rotatable bonds is 4. The van der Waals surface area contributed by atoms with Gasteiger partial charge in [-0.15, -0.1) is 0 Å². The summed E-state index contributed by atoms with van der Waals surface area (Å²) in [7, 11) is 0. The Hall–Kier alpha value is -3.71. The maximum atomic E-state index is 4.99. The zero-order valence-electron chi connectivity index (χ0n) is 19.7. The van der Waals surface area contributed by atoms with Gasteiger partial charge in [-0.3, -0.25) is 4.99 Å². The highest BCUT2D eigenvalue weighted by molar-refractivity contribution is 6.02. The van der Waals surface area contributed by atoms with Crippen LogP contribution in [0.15, 0.2) is 96.5 Å². The van der Waals surface area contributed by atoms with Crippen molar-refractivity contribution in [3.05, 3.63) is 130 Å². The fraction of sp³-hybridized carbons (Fsp3) is 0.182. The Morgan fingerprint density at radius 1 is 0.941 bits per heavy atom. The lowest BCUT2D eigenvalue weighted by molar-refractivity contribution is 0.686. The number of nitrogens with zero attached hydrogens (tertiary/aromatic N) is 1. The van der Waals surface area contributed by atoms with E-state index in [0.717, 1.165) is 41.8 Å². The van der Waals surface area contributed by atoms with Crippen molar-refractivity contribution in [2.45, 2.75) is 32.1 Å². The second kappa shape index (κ2) is 8.57. The molecular weight excluding hydrogens is 410 g/mol. The molecule has 0 radical (unpaired) electrons. The molecule has 0 bridgehead atoms. The molecule has 0 aromatic heterocycles. The molecule has 0 saturated carbocycles. The van der Waals surface area contributed by atoms with Gasteiger partial charge in [-0.2, -0.15) is 0 Å². The molecule has 1 heteroatoms. The van der Waals surface area contributed by atoms with Gasteiger partial charge in [0.15, 0.2) is 0 Å². The van der Waals surface area contributed by atoms with Gasteiger partial charge in [0.25, 0.3) is 0 Å². The smallest absolute Gasteiger partial charge is 0.0639 e. The van der Waals surface area contributed by atoms with Crippen LogP contribution in [0.4, 0.5) is 0 Å². The largest absolute Gasteiger partial charge is 0.253 e. The molecule has 2 unspecified atom stereocenters. The van der Waals surface area contributed by atoms with Gasteiger partial charge in [-0.1, -0.05) is 97.6 Å². The monoisotopic (exact) mass is 439 g/mol. The molecule has 3 aliphatic carbocycles. The van der Waals surface area contributed by atoms with E-state index in [9.17, 15) is 0 Å². The van der Waals surface area contributed by atoms with Crippen molar-refractivity contribution in [1.82, 2.24) is 0 Å². The Balaban J connectivity index is 1.36. The molecule has 0 spiro atoms. The SMILES string of the molecule is C=C(/N=C(\C)c1cccc(C2=CCCC=C2)c1)c1cccc2c1=CC1c3ccccc3CC1C=2. The molecule has 166 valence electrons. The van der Waals surface area contributed by atoms with Crippen molar-refractivity contribution in [3.63, 3.8) is 0 Å². The summed E-state index contributed by atoms with van der Waals surface area (Å²) in [6, 6.07) is 24.1. The first kappa shape index (κ1) is 20.9. The van der Waals surface area contributed by atoms with Gasteiger partial charge in [0.1, 0.15) is 0 Å². The van der Waals surface area contributed by atoms with Crippen molar-refractivity contribution in [3.8, 4) is 0 Å². The van der Waals surface area contributed by atoms with E-state index in [0.29, 0.717) is 11.8 Å². The van der Waals surface area contributed by atoms with E-state index in [1.54, 1.807) is 0 Å². The molecule has 1 nitrogen and oxygen atoms in total. The van der Waals surface area contributed by atoms with Crippen LogP contribution in [0.5, 0.6) is 0 Å². The van der Waals surface area contributed by atoms with Gasteiger partial charge >= 0.3 is 0 Å². The molecule has 0 N–H and O–H groups in total. The Labute approximate surface area is 201 Å². The molecule has 3 aliphatic rings. The summed E-state index contributed by atoms with van der Waals surface area (Å²) in [6.07, 6.45) is 15.1. The summed E-state index contributed by atoms with van der Waals surface area (Å²) in [5.41, 5.74) is 9.59. The van der Waals surface area contributed by atoms with Gasteiger partial charge in [0, 0.05) is 17.2 Å². The van der Waals surface area contributed by atoms with Crippen LogP contribution in [-0.2, 0) is 6.42 Å². The third-order valence-electron chi connectivity index (χ3n) is 7.43. The predicted octanol–water partition coefficient (Wildman–Crippen LogP) is 6.43. The van der Waals surface area contributed by atoms with E-state index in [4.69, 9.17) is 4.99 Å². The molecule has 0 amide bonds. The summed E-state index contributed by atoms with van der Waals surface area (Å²) in [4.78, 5) is 4.99. The van der Waals surface area contributed by atoms with Crippen molar-refractivity contribution in [1.29, 1.82) is 0 Å². The Bertz CT molecular complexity index is 1510. The second-order valence-corrected chi connectivity index (χ2v) is 9.60. The molecule has 6 rings (SSSR count). The topological polar surface area (TPSA) is 12.4 Å². The van der Waals surface area contributed by atoms with E-state index in [2.05, 4.69) is 111 Å². The normalized spacial score (nSPS) is 20.4. The molecule has 34 heavy (non-hydrogen) atoms. The first-order valence-corrected chi connectivity index (χ1v) is 12.3. The zero-order chi connectivity index (χ0) is 23.1. The van der Waals surface area contributed by atoms with Gasteiger partial charge in [0.2, 0.25) is 0 Å².